The number of aryl methyl sites for hydroxylation is 1. The van der Waals surface area contributed by atoms with Crippen LogP contribution in [0.5, 0.6) is 0 Å². The summed E-state index contributed by atoms with van der Waals surface area (Å²) < 4.78 is 2.26. The van der Waals surface area contributed by atoms with Crippen molar-refractivity contribution in [2.24, 2.45) is 0 Å². The van der Waals surface area contributed by atoms with E-state index >= 15 is 0 Å². The van der Waals surface area contributed by atoms with Crippen molar-refractivity contribution in [1.82, 2.24) is 14.0 Å². The highest BCUT2D eigenvalue weighted by atomic mass is 16.2. The van der Waals surface area contributed by atoms with Crippen LogP contribution in [-0.4, -0.2) is 33.0 Å². The van der Waals surface area contributed by atoms with E-state index in [-0.39, 0.29) is 24.2 Å². The molecule has 1 heterocycles. The summed E-state index contributed by atoms with van der Waals surface area (Å²) in [6.07, 6.45) is 2.07. The highest BCUT2D eigenvalue weighted by Crippen LogP contribution is 1.97. The third-order valence-electron chi connectivity index (χ3n) is 3.19. The van der Waals surface area contributed by atoms with Crippen molar-refractivity contribution in [1.29, 1.82) is 0 Å². The lowest BCUT2D eigenvalue weighted by atomic mass is 10.3. The van der Waals surface area contributed by atoms with Crippen molar-refractivity contribution in [3.8, 4) is 0 Å². The Balaban J connectivity index is 3.21. The zero-order valence-corrected chi connectivity index (χ0v) is 12.4. The van der Waals surface area contributed by atoms with E-state index in [0.717, 1.165) is 11.0 Å². The maximum Gasteiger partial charge on any atom is 0.331 e. The molecule has 0 unspecified atom stereocenters. The van der Waals surface area contributed by atoms with Crippen molar-refractivity contribution in [3.05, 3.63) is 27.0 Å². The molecule has 0 bridgehead atoms. The molecule has 20 heavy (non-hydrogen) atoms. The van der Waals surface area contributed by atoms with Gasteiger partial charge in [-0.3, -0.25) is 14.2 Å². The molecule has 0 radical (unpaired) electrons. The van der Waals surface area contributed by atoms with Gasteiger partial charge in [0.05, 0.1) is 0 Å². The Hall–Kier alpha value is -2.05. The van der Waals surface area contributed by atoms with Crippen LogP contribution in [0.3, 0.4) is 0 Å². The minimum atomic E-state index is -0.618. The molecule has 7 heteroatoms. The first-order chi connectivity index (χ1) is 9.29. The summed E-state index contributed by atoms with van der Waals surface area (Å²) in [5.41, 5.74) is 4.46. The number of likely N-dealkylation sites (N-methyl/N-ethyl adjacent to an activating group) is 1. The lowest BCUT2D eigenvalue weighted by molar-refractivity contribution is -0.132. The fourth-order valence-corrected chi connectivity index (χ4v) is 1.75. The fourth-order valence-electron chi connectivity index (χ4n) is 1.75. The van der Waals surface area contributed by atoms with Gasteiger partial charge < -0.3 is 10.6 Å². The zero-order chi connectivity index (χ0) is 15.4. The second kappa shape index (κ2) is 6.40. The Labute approximate surface area is 117 Å². The number of nitrogens with two attached hydrogens (primary N) is 1. The number of rotatable bonds is 5. The number of hydrogen-bond acceptors (Lipinski definition) is 4. The van der Waals surface area contributed by atoms with E-state index in [1.807, 2.05) is 20.8 Å². The molecule has 0 aliphatic carbocycles. The number of nitrogens with zero attached hydrogens (tertiary/aromatic N) is 3. The molecule has 0 fully saturated rings. The smallest absolute Gasteiger partial charge is 0.331 e. The number of hydrogen-bond donors (Lipinski definition) is 1. The monoisotopic (exact) mass is 282 g/mol. The molecule has 0 spiro atoms. The lowest BCUT2D eigenvalue weighted by Gasteiger charge is -2.22. The predicted octanol–water partition coefficient (Wildman–Crippen LogP) is -0.131. The van der Waals surface area contributed by atoms with E-state index in [0.29, 0.717) is 6.54 Å². The van der Waals surface area contributed by atoms with Crippen molar-refractivity contribution >= 4 is 11.6 Å². The topological polar surface area (TPSA) is 90.3 Å². The quantitative estimate of drug-likeness (QED) is 0.814. The second-order valence-electron chi connectivity index (χ2n) is 5.05. The average Bonchev–Trinajstić information content (AvgIpc) is 2.39. The Kier molecular flexibility index (Phi) is 5.12. The molecule has 0 saturated heterocycles. The lowest BCUT2D eigenvalue weighted by Crippen LogP contribution is -2.45. The summed E-state index contributed by atoms with van der Waals surface area (Å²) in [5, 5.41) is 0. The van der Waals surface area contributed by atoms with Gasteiger partial charge in [0.25, 0.3) is 5.56 Å². The van der Waals surface area contributed by atoms with E-state index in [9.17, 15) is 14.4 Å². The number of amides is 1. The minimum Gasteiger partial charge on any atom is -0.393 e. The van der Waals surface area contributed by atoms with Gasteiger partial charge >= 0.3 is 5.69 Å². The molecule has 1 aromatic heterocycles. The predicted molar refractivity (Wildman–Crippen MR) is 77.6 cm³/mol. The average molecular weight is 282 g/mol. The summed E-state index contributed by atoms with van der Waals surface area (Å²) >= 11 is 0. The van der Waals surface area contributed by atoms with Gasteiger partial charge in [0, 0.05) is 25.8 Å². The Morgan fingerprint density at radius 1 is 1.40 bits per heavy atom. The van der Waals surface area contributed by atoms with Gasteiger partial charge in [-0.2, -0.15) is 0 Å². The first-order valence-electron chi connectivity index (χ1n) is 6.65. The molecule has 0 saturated carbocycles. The SMILES string of the molecule is CCCn1cc(N)c(=O)n(CC(=O)N(C)C(C)C)c1=O. The maximum absolute atomic E-state index is 12.2. The van der Waals surface area contributed by atoms with Crippen LogP contribution in [0, 0.1) is 0 Å². The normalized spacial score (nSPS) is 10.8. The van der Waals surface area contributed by atoms with Crippen LogP contribution < -0.4 is 17.0 Å². The standard InChI is InChI=1S/C13H22N4O3/c1-5-6-16-7-10(14)12(19)17(13(16)20)8-11(18)15(4)9(2)3/h7,9H,5-6,8,14H2,1-4H3. The summed E-state index contributed by atoms with van der Waals surface area (Å²) in [5.74, 6) is -0.298. The highest BCUT2D eigenvalue weighted by Gasteiger charge is 2.16. The first kappa shape index (κ1) is 16.0. The minimum absolute atomic E-state index is 0.00266. The van der Waals surface area contributed by atoms with Crippen LogP contribution in [0.1, 0.15) is 27.2 Å². The van der Waals surface area contributed by atoms with Gasteiger partial charge in [-0.15, -0.1) is 0 Å². The van der Waals surface area contributed by atoms with Crippen LogP contribution in [-0.2, 0) is 17.9 Å². The van der Waals surface area contributed by atoms with E-state index in [1.54, 1.807) is 7.05 Å². The van der Waals surface area contributed by atoms with Crippen molar-refractivity contribution in [3.63, 3.8) is 0 Å². The summed E-state index contributed by atoms with van der Waals surface area (Å²) in [7, 11) is 1.63. The van der Waals surface area contributed by atoms with E-state index in [4.69, 9.17) is 5.73 Å². The molecule has 0 aromatic carbocycles. The number of nitrogen functional groups attached to an aromatic ring is 1. The van der Waals surface area contributed by atoms with Gasteiger partial charge in [-0.1, -0.05) is 6.92 Å². The summed E-state index contributed by atoms with van der Waals surface area (Å²) in [6.45, 7) is 5.79. The van der Waals surface area contributed by atoms with Crippen molar-refractivity contribution in [2.75, 3.05) is 12.8 Å². The molecular formula is C13H22N4O3. The maximum atomic E-state index is 12.2. The van der Waals surface area contributed by atoms with Crippen molar-refractivity contribution in [2.45, 2.75) is 46.3 Å². The Morgan fingerprint density at radius 2 is 2.00 bits per heavy atom. The molecule has 0 aliphatic rings. The summed E-state index contributed by atoms with van der Waals surface area (Å²) in [4.78, 5) is 37.6. The van der Waals surface area contributed by atoms with Gasteiger partial charge in [-0.25, -0.2) is 9.36 Å². The van der Waals surface area contributed by atoms with Crippen molar-refractivity contribution < 1.29 is 4.79 Å². The Morgan fingerprint density at radius 3 is 2.50 bits per heavy atom. The van der Waals surface area contributed by atoms with Crippen LogP contribution in [0.4, 0.5) is 5.69 Å². The van der Waals surface area contributed by atoms with Gasteiger partial charge in [0.1, 0.15) is 12.2 Å². The highest BCUT2D eigenvalue weighted by molar-refractivity contribution is 5.76. The van der Waals surface area contributed by atoms with E-state index < -0.39 is 11.2 Å². The third kappa shape index (κ3) is 3.28. The van der Waals surface area contributed by atoms with Crippen LogP contribution in [0.25, 0.3) is 0 Å². The molecule has 1 aromatic rings. The van der Waals surface area contributed by atoms with Gasteiger partial charge in [0.15, 0.2) is 0 Å². The molecule has 112 valence electrons. The first-order valence-corrected chi connectivity index (χ1v) is 6.65. The molecule has 0 atom stereocenters. The molecule has 1 rings (SSSR count). The van der Waals surface area contributed by atoms with Gasteiger partial charge in [0.2, 0.25) is 5.91 Å². The molecule has 1 amide bonds. The number of carbonyl (C=O) groups excluding carboxylic acids is 1. The third-order valence-corrected chi connectivity index (χ3v) is 3.19. The van der Waals surface area contributed by atoms with Gasteiger partial charge in [-0.05, 0) is 20.3 Å². The Bertz CT molecular complexity index is 601. The van der Waals surface area contributed by atoms with Crippen LogP contribution in [0.2, 0.25) is 0 Å². The molecule has 0 aliphatic heterocycles. The largest absolute Gasteiger partial charge is 0.393 e. The second-order valence-corrected chi connectivity index (χ2v) is 5.05. The van der Waals surface area contributed by atoms with Crippen LogP contribution in [0.15, 0.2) is 15.8 Å². The zero-order valence-electron chi connectivity index (χ0n) is 12.4. The molecule has 2 N–H and O–H groups in total. The fraction of sp³-hybridized carbons (Fsp3) is 0.615. The number of anilines is 1. The number of carbonyl (C=O) groups is 1. The number of aromatic nitrogens is 2. The van der Waals surface area contributed by atoms with E-state index in [2.05, 4.69) is 0 Å². The summed E-state index contributed by atoms with van der Waals surface area (Å²) in [6, 6.07) is -0.00266. The molecular weight excluding hydrogens is 260 g/mol. The molecule has 7 nitrogen and oxygen atoms in total. The van der Waals surface area contributed by atoms with E-state index in [1.165, 1.54) is 15.7 Å². The van der Waals surface area contributed by atoms with Crippen LogP contribution >= 0.6 is 0 Å².